The lowest BCUT2D eigenvalue weighted by atomic mass is 10.2. The van der Waals surface area contributed by atoms with Crippen LogP contribution in [0.1, 0.15) is 33.5 Å². The largest absolute Gasteiger partial charge is 0.462 e. The van der Waals surface area contributed by atoms with E-state index in [9.17, 15) is 9.59 Å². The van der Waals surface area contributed by atoms with Gasteiger partial charge in [0.05, 0.1) is 12.3 Å². The molecule has 2 aromatic rings. The van der Waals surface area contributed by atoms with Crippen LogP contribution in [0.5, 0.6) is 0 Å². The number of carbonyl (C=O) groups is 2. The van der Waals surface area contributed by atoms with E-state index < -0.39 is 5.97 Å². The number of aromatic nitrogens is 3. The van der Waals surface area contributed by atoms with Crippen LogP contribution in [0.25, 0.3) is 0 Å². The highest BCUT2D eigenvalue weighted by atomic mass is 16.5. The van der Waals surface area contributed by atoms with Gasteiger partial charge >= 0.3 is 5.97 Å². The molecule has 0 saturated carbocycles. The number of anilines is 1. The topological polar surface area (TPSA) is 89.0 Å². The molecule has 0 atom stereocenters. The fraction of sp³-hybridized carbons (Fsp3) is 0.308. The summed E-state index contributed by atoms with van der Waals surface area (Å²) in [5.41, 5.74) is 1.18. The smallest absolute Gasteiger partial charge is 0.343 e. The zero-order valence-corrected chi connectivity index (χ0v) is 11.6. The first-order valence-corrected chi connectivity index (χ1v) is 6.20. The van der Waals surface area contributed by atoms with Crippen molar-refractivity contribution in [2.24, 2.45) is 7.05 Å². The first kappa shape index (κ1) is 13.9. The van der Waals surface area contributed by atoms with Gasteiger partial charge in [-0.1, -0.05) is 0 Å². The number of amides is 1. The fourth-order valence-electron chi connectivity index (χ4n) is 1.90. The minimum Gasteiger partial charge on any atom is -0.462 e. The Morgan fingerprint density at radius 1 is 1.50 bits per heavy atom. The van der Waals surface area contributed by atoms with Crippen molar-refractivity contribution in [1.29, 1.82) is 0 Å². The van der Waals surface area contributed by atoms with E-state index in [0.29, 0.717) is 17.2 Å². The van der Waals surface area contributed by atoms with E-state index >= 15 is 0 Å². The molecule has 2 N–H and O–H groups in total. The van der Waals surface area contributed by atoms with Gasteiger partial charge < -0.3 is 15.0 Å². The van der Waals surface area contributed by atoms with E-state index in [0.717, 1.165) is 0 Å². The lowest BCUT2D eigenvalue weighted by Gasteiger charge is -2.07. The highest BCUT2D eigenvalue weighted by molar-refractivity contribution is 6.06. The summed E-state index contributed by atoms with van der Waals surface area (Å²) >= 11 is 0. The predicted octanol–water partition coefficient (Wildman–Crippen LogP) is 1.49. The van der Waals surface area contributed by atoms with Crippen molar-refractivity contribution >= 4 is 17.7 Å². The van der Waals surface area contributed by atoms with Gasteiger partial charge in [0.2, 0.25) is 0 Å². The Morgan fingerprint density at radius 2 is 2.25 bits per heavy atom. The Labute approximate surface area is 115 Å². The molecule has 0 aliphatic carbocycles. The maximum Gasteiger partial charge on any atom is 0.343 e. The number of carbonyl (C=O) groups excluding carboxylic acids is 2. The molecule has 106 valence electrons. The molecule has 0 aromatic carbocycles. The molecule has 0 bridgehead atoms. The molecule has 7 heteroatoms. The average molecular weight is 276 g/mol. The molecule has 0 fully saturated rings. The second kappa shape index (κ2) is 5.60. The average Bonchev–Trinajstić information content (AvgIpc) is 2.99. The summed E-state index contributed by atoms with van der Waals surface area (Å²) < 4.78 is 6.43. The number of nitrogens with one attached hydrogen (secondary N) is 2. The predicted molar refractivity (Wildman–Crippen MR) is 72.6 cm³/mol. The van der Waals surface area contributed by atoms with E-state index in [1.165, 1.54) is 4.68 Å². The summed E-state index contributed by atoms with van der Waals surface area (Å²) in [7, 11) is 1.65. The zero-order chi connectivity index (χ0) is 14.7. The number of aromatic amines is 1. The van der Waals surface area contributed by atoms with Crippen LogP contribution in [0.4, 0.5) is 5.82 Å². The number of hydrogen-bond acceptors (Lipinski definition) is 4. The van der Waals surface area contributed by atoms with Crippen LogP contribution in [-0.4, -0.2) is 33.2 Å². The Hall–Kier alpha value is -2.57. The van der Waals surface area contributed by atoms with Crippen molar-refractivity contribution in [2.45, 2.75) is 13.8 Å². The van der Waals surface area contributed by atoms with Crippen LogP contribution >= 0.6 is 0 Å². The molecule has 2 heterocycles. The standard InChI is InChI=1S/C13H16N4O3/c1-4-20-13(19)10-8(2)16-17(3)11(10)15-12(18)9-6-5-7-14-9/h5-7,14H,4H2,1-3H3,(H,15,18). The molecule has 0 unspecified atom stereocenters. The molecule has 0 aliphatic heterocycles. The van der Waals surface area contributed by atoms with E-state index in [1.807, 2.05) is 0 Å². The van der Waals surface area contributed by atoms with Gasteiger partial charge in [-0.3, -0.25) is 9.48 Å². The summed E-state index contributed by atoms with van der Waals surface area (Å²) in [5, 5.41) is 6.81. The molecular weight excluding hydrogens is 260 g/mol. The van der Waals surface area contributed by atoms with Crippen molar-refractivity contribution in [3.63, 3.8) is 0 Å². The Bertz CT molecular complexity index is 628. The van der Waals surface area contributed by atoms with Crippen molar-refractivity contribution in [3.8, 4) is 0 Å². The van der Waals surface area contributed by atoms with Gasteiger partial charge in [0.15, 0.2) is 0 Å². The first-order valence-electron chi connectivity index (χ1n) is 6.20. The monoisotopic (exact) mass is 276 g/mol. The van der Waals surface area contributed by atoms with E-state index in [2.05, 4.69) is 15.4 Å². The number of hydrogen-bond donors (Lipinski definition) is 2. The van der Waals surface area contributed by atoms with Gasteiger partial charge in [0, 0.05) is 13.2 Å². The maximum atomic E-state index is 12.0. The third kappa shape index (κ3) is 2.56. The van der Waals surface area contributed by atoms with Gasteiger partial charge in [-0.15, -0.1) is 0 Å². The van der Waals surface area contributed by atoms with Gasteiger partial charge in [0.1, 0.15) is 17.1 Å². The second-order valence-electron chi connectivity index (χ2n) is 4.19. The van der Waals surface area contributed by atoms with Crippen LogP contribution in [-0.2, 0) is 11.8 Å². The molecule has 2 aromatic heterocycles. The van der Waals surface area contributed by atoms with Gasteiger partial charge in [-0.05, 0) is 26.0 Å². The maximum absolute atomic E-state index is 12.0. The summed E-state index contributed by atoms with van der Waals surface area (Å²) in [6, 6.07) is 3.36. The Kier molecular flexibility index (Phi) is 3.88. The molecule has 20 heavy (non-hydrogen) atoms. The van der Waals surface area contributed by atoms with Crippen LogP contribution in [0.2, 0.25) is 0 Å². The lowest BCUT2D eigenvalue weighted by Crippen LogP contribution is -2.18. The van der Waals surface area contributed by atoms with Crippen molar-refractivity contribution < 1.29 is 14.3 Å². The third-order valence-corrected chi connectivity index (χ3v) is 2.78. The summed E-state index contributed by atoms with van der Waals surface area (Å²) in [6.45, 7) is 3.68. The normalized spacial score (nSPS) is 10.3. The number of H-pyrrole nitrogens is 1. The Morgan fingerprint density at radius 3 is 2.85 bits per heavy atom. The van der Waals surface area contributed by atoms with Crippen LogP contribution < -0.4 is 5.32 Å². The van der Waals surface area contributed by atoms with Crippen LogP contribution in [0.15, 0.2) is 18.3 Å². The molecule has 7 nitrogen and oxygen atoms in total. The summed E-state index contributed by atoms with van der Waals surface area (Å²) in [4.78, 5) is 26.8. The number of esters is 1. The molecule has 0 radical (unpaired) electrons. The van der Waals surface area contributed by atoms with Crippen molar-refractivity contribution in [2.75, 3.05) is 11.9 Å². The minimum absolute atomic E-state index is 0.261. The molecular formula is C13H16N4O3. The van der Waals surface area contributed by atoms with Crippen LogP contribution in [0, 0.1) is 6.92 Å². The number of ether oxygens (including phenoxy) is 1. The highest BCUT2D eigenvalue weighted by Gasteiger charge is 2.23. The first-order chi connectivity index (χ1) is 9.54. The number of rotatable bonds is 4. The third-order valence-electron chi connectivity index (χ3n) is 2.78. The van der Waals surface area contributed by atoms with E-state index in [-0.39, 0.29) is 18.1 Å². The molecule has 0 spiro atoms. The van der Waals surface area contributed by atoms with Gasteiger partial charge in [0.25, 0.3) is 5.91 Å². The molecule has 0 saturated heterocycles. The highest BCUT2D eigenvalue weighted by Crippen LogP contribution is 2.20. The Balaban J connectivity index is 2.31. The molecule has 1 amide bonds. The fourth-order valence-corrected chi connectivity index (χ4v) is 1.90. The van der Waals surface area contributed by atoms with E-state index in [4.69, 9.17) is 4.74 Å². The van der Waals surface area contributed by atoms with Crippen LogP contribution in [0.3, 0.4) is 0 Å². The minimum atomic E-state index is -0.500. The summed E-state index contributed by atoms with van der Waals surface area (Å²) in [5.74, 6) is -0.524. The number of nitrogens with zero attached hydrogens (tertiary/aromatic N) is 2. The summed E-state index contributed by atoms with van der Waals surface area (Å²) in [6.07, 6.45) is 1.65. The van der Waals surface area contributed by atoms with E-state index in [1.54, 1.807) is 39.2 Å². The zero-order valence-electron chi connectivity index (χ0n) is 11.6. The second-order valence-corrected chi connectivity index (χ2v) is 4.19. The van der Waals surface area contributed by atoms with Gasteiger partial charge in [-0.25, -0.2) is 4.79 Å². The van der Waals surface area contributed by atoms with Crippen molar-refractivity contribution in [3.05, 3.63) is 35.3 Å². The SMILES string of the molecule is CCOC(=O)c1c(C)nn(C)c1NC(=O)c1ccc[nH]1. The molecule has 2 rings (SSSR count). The quantitative estimate of drug-likeness (QED) is 0.828. The molecule has 0 aliphatic rings. The van der Waals surface area contributed by atoms with Gasteiger partial charge in [-0.2, -0.15) is 5.10 Å². The number of aryl methyl sites for hydroxylation is 2. The lowest BCUT2D eigenvalue weighted by molar-refractivity contribution is 0.0526. The van der Waals surface area contributed by atoms with Crippen molar-refractivity contribution in [1.82, 2.24) is 14.8 Å².